The fourth-order valence-electron chi connectivity index (χ4n) is 3.07. The Morgan fingerprint density at radius 1 is 1.29 bits per heavy atom. The Balaban J connectivity index is 1.78. The van der Waals surface area contributed by atoms with E-state index in [4.69, 9.17) is 15.5 Å². The Labute approximate surface area is 152 Å². The molecule has 0 spiro atoms. The van der Waals surface area contributed by atoms with Gasteiger partial charge in [0.15, 0.2) is 5.16 Å². The zero-order valence-electron chi connectivity index (χ0n) is 14.8. The summed E-state index contributed by atoms with van der Waals surface area (Å²) in [6.07, 6.45) is 6.25. The van der Waals surface area contributed by atoms with Crippen LogP contribution < -0.4 is 5.73 Å². The predicted octanol–water partition coefficient (Wildman–Crippen LogP) is 5.04. The highest BCUT2D eigenvalue weighted by atomic mass is 32.2. The first-order valence-electron chi connectivity index (χ1n) is 8.92. The van der Waals surface area contributed by atoms with Crippen molar-refractivity contribution in [3.8, 4) is 0 Å². The summed E-state index contributed by atoms with van der Waals surface area (Å²) in [5.41, 5.74) is 7.62. The molecule has 0 bridgehead atoms. The third kappa shape index (κ3) is 3.86. The summed E-state index contributed by atoms with van der Waals surface area (Å²) in [7, 11) is 0. The van der Waals surface area contributed by atoms with Crippen molar-refractivity contribution in [1.82, 2.24) is 9.97 Å². The van der Waals surface area contributed by atoms with Crippen LogP contribution >= 0.6 is 23.1 Å². The third-order valence-electron chi connectivity index (χ3n) is 4.55. The fourth-order valence-corrected chi connectivity index (χ4v) is 5.11. The number of rotatable bonds is 7. The molecule has 2 N–H and O–H groups in total. The maximum Gasteiger partial charge on any atom is 0.190 e. The number of hydrogen-bond donors (Lipinski definition) is 1. The number of fused-ring (bicyclic) bond motifs is 3. The molecule has 4 nitrogen and oxygen atoms in total. The van der Waals surface area contributed by atoms with E-state index in [1.54, 1.807) is 23.1 Å². The Bertz CT molecular complexity index is 699. The Morgan fingerprint density at radius 2 is 2.12 bits per heavy atom. The molecule has 1 unspecified atom stereocenters. The van der Waals surface area contributed by atoms with Gasteiger partial charge in [-0.2, -0.15) is 0 Å². The molecule has 0 saturated heterocycles. The SMILES string of the molecule is CCCCCCSc1nc(N)c2c3c(sc2n1)COC(C(C)C)C3. The molecule has 3 heterocycles. The van der Waals surface area contributed by atoms with Crippen LogP contribution in [-0.2, 0) is 17.8 Å². The lowest BCUT2D eigenvalue weighted by Crippen LogP contribution is -2.26. The zero-order chi connectivity index (χ0) is 17.1. The van der Waals surface area contributed by atoms with E-state index in [-0.39, 0.29) is 6.10 Å². The molecule has 0 fully saturated rings. The molecule has 6 heteroatoms. The molecular weight excluding hydrogens is 338 g/mol. The van der Waals surface area contributed by atoms with E-state index >= 15 is 0 Å². The zero-order valence-corrected chi connectivity index (χ0v) is 16.4. The lowest BCUT2D eigenvalue weighted by molar-refractivity contribution is 0.00203. The molecule has 0 aromatic carbocycles. The maximum absolute atomic E-state index is 6.30. The number of hydrogen-bond acceptors (Lipinski definition) is 6. The van der Waals surface area contributed by atoms with Crippen LogP contribution in [0.15, 0.2) is 5.16 Å². The van der Waals surface area contributed by atoms with Crippen LogP contribution in [-0.4, -0.2) is 21.8 Å². The maximum atomic E-state index is 6.30. The second kappa shape index (κ2) is 8.02. The molecule has 3 rings (SSSR count). The van der Waals surface area contributed by atoms with E-state index in [0.29, 0.717) is 18.3 Å². The summed E-state index contributed by atoms with van der Waals surface area (Å²) < 4.78 is 5.98. The van der Waals surface area contributed by atoms with Crippen molar-refractivity contribution < 1.29 is 4.74 Å². The summed E-state index contributed by atoms with van der Waals surface area (Å²) in [5.74, 6) is 2.21. The van der Waals surface area contributed by atoms with E-state index in [2.05, 4.69) is 25.8 Å². The third-order valence-corrected chi connectivity index (χ3v) is 6.58. The van der Waals surface area contributed by atoms with Crippen molar-refractivity contribution in [1.29, 1.82) is 0 Å². The molecule has 2 aromatic rings. The van der Waals surface area contributed by atoms with Gasteiger partial charge < -0.3 is 10.5 Å². The molecule has 132 valence electrons. The molecule has 1 aliphatic rings. The number of unbranched alkanes of at least 4 members (excludes halogenated alkanes) is 3. The van der Waals surface area contributed by atoms with Crippen molar-refractivity contribution in [3.05, 3.63) is 10.4 Å². The average molecular weight is 366 g/mol. The first kappa shape index (κ1) is 18.0. The van der Waals surface area contributed by atoms with Gasteiger partial charge in [-0.05, 0) is 17.9 Å². The molecule has 0 saturated carbocycles. The summed E-state index contributed by atoms with van der Waals surface area (Å²) in [6.45, 7) is 7.32. The van der Waals surface area contributed by atoms with Gasteiger partial charge in [0.1, 0.15) is 10.6 Å². The van der Waals surface area contributed by atoms with E-state index in [1.165, 1.54) is 36.1 Å². The van der Waals surface area contributed by atoms with Crippen LogP contribution in [0.25, 0.3) is 10.2 Å². The summed E-state index contributed by atoms with van der Waals surface area (Å²) in [5, 5.41) is 1.88. The van der Waals surface area contributed by atoms with Crippen LogP contribution in [0.2, 0.25) is 0 Å². The van der Waals surface area contributed by atoms with Gasteiger partial charge in [-0.15, -0.1) is 11.3 Å². The number of nitrogens with zero attached hydrogens (tertiary/aromatic N) is 2. The predicted molar refractivity (Wildman–Crippen MR) is 104 cm³/mol. The van der Waals surface area contributed by atoms with Gasteiger partial charge >= 0.3 is 0 Å². The number of thiophene rings is 1. The lowest BCUT2D eigenvalue weighted by Gasteiger charge is -2.26. The van der Waals surface area contributed by atoms with Crippen LogP contribution in [0.3, 0.4) is 0 Å². The van der Waals surface area contributed by atoms with Gasteiger partial charge in [0.05, 0.1) is 18.1 Å². The highest BCUT2D eigenvalue weighted by Crippen LogP contribution is 2.39. The number of anilines is 1. The molecule has 24 heavy (non-hydrogen) atoms. The summed E-state index contributed by atoms with van der Waals surface area (Å²) in [6, 6.07) is 0. The quantitative estimate of drug-likeness (QED) is 0.423. The van der Waals surface area contributed by atoms with Crippen LogP contribution in [0.4, 0.5) is 5.82 Å². The van der Waals surface area contributed by atoms with Crippen LogP contribution in [0.5, 0.6) is 0 Å². The minimum Gasteiger partial charge on any atom is -0.383 e. The normalized spacial score (nSPS) is 17.6. The molecule has 0 radical (unpaired) electrons. The highest BCUT2D eigenvalue weighted by molar-refractivity contribution is 7.99. The highest BCUT2D eigenvalue weighted by Gasteiger charge is 2.27. The monoisotopic (exact) mass is 365 g/mol. The van der Waals surface area contributed by atoms with Crippen molar-refractivity contribution >= 4 is 39.1 Å². The fraction of sp³-hybridized carbons (Fsp3) is 0.667. The minimum atomic E-state index is 0.266. The largest absolute Gasteiger partial charge is 0.383 e. The number of aromatic nitrogens is 2. The van der Waals surface area contributed by atoms with E-state index in [0.717, 1.165) is 27.5 Å². The van der Waals surface area contributed by atoms with Gasteiger partial charge in [0, 0.05) is 17.1 Å². The van der Waals surface area contributed by atoms with E-state index in [9.17, 15) is 0 Å². The van der Waals surface area contributed by atoms with Crippen molar-refractivity contribution in [2.24, 2.45) is 5.92 Å². The number of nitrogens with two attached hydrogens (primary N) is 1. The van der Waals surface area contributed by atoms with Crippen molar-refractivity contribution in [3.63, 3.8) is 0 Å². The van der Waals surface area contributed by atoms with Gasteiger partial charge in [-0.25, -0.2) is 9.97 Å². The lowest BCUT2D eigenvalue weighted by atomic mass is 9.96. The number of ether oxygens (including phenoxy) is 1. The Kier molecular flexibility index (Phi) is 6.00. The van der Waals surface area contributed by atoms with Crippen LogP contribution in [0, 0.1) is 5.92 Å². The summed E-state index contributed by atoms with van der Waals surface area (Å²) in [4.78, 5) is 11.6. The topological polar surface area (TPSA) is 61.0 Å². The Morgan fingerprint density at radius 3 is 2.88 bits per heavy atom. The van der Waals surface area contributed by atoms with Crippen molar-refractivity contribution in [2.75, 3.05) is 11.5 Å². The summed E-state index contributed by atoms with van der Waals surface area (Å²) >= 11 is 3.44. The van der Waals surface area contributed by atoms with Gasteiger partial charge in [0.2, 0.25) is 0 Å². The van der Waals surface area contributed by atoms with E-state index < -0.39 is 0 Å². The standard InChI is InChI=1S/C18H27N3OS2/c1-4-5-6-7-8-23-18-20-16(19)15-12-9-13(11(2)3)22-10-14(12)24-17(15)21-18/h11,13H,4-10H2,1-3H3,(H2,19,20,21). The first-order chi connectivity index (χ1) is 11.6. The number of thioether (sulfide) groups is 1. The molecule has 2 aromatic heterocycles. The van der Waals surface area contributed by atoms with E-state index in [1.807, 2.05) is 0 Å². The molecule has 1 atom stereocenters. The Hall–Kier alpha value is -0.850. The minimum absolute atomic E-state index is 0.266. The van der Waals surface area contributed by atoms with Gasteiger partial charge in [-0.3, -0.25) is 0 Å². The molecule has 0 amide bonds. The second-order valence-electron chi connectivity index (χ2n) is 6.78. The molecule has 1 aliphatic heterocycles. The number of nitrogen functional groups attached to an aromatic ring is 1. The second-order valence-corrected chi connectivity index (χ2v) is 8.93. The van der Waals surface area contributed by atoms with Gasteiger partial charge in [0.25, 0.3) is 0 Å². The van der Waals surface area contributed by atoms with Gasteiger partial charge in [-0.1, -0.05) is 51.8 Å². The molecular formula is C18H27N3OS2. The molecule has 0 aliphatic carbocycles. The smallest absolute Gasteiger partial charge is 0.190 e. The van der Waals surface area contributed by atoms with Crippen LogP contribution in [0.1, 0.15) is 56.9 Å². The van der Waals surface area contributed by atoms with Crippen molar-refractivity contribution in [2.45, 2.75) is 70.7 Å². The first-order valence-corrected chi connectivity index (χ1v) is 10.7. The average Bonchev–Trinajstić information content (AvgIpc) is 2.92.